The van der Waals surface area contributed by atoms with Crippen LogP contribution in [0.3, 0.4) is 0 Å². The van der Waals surface area contributed by atoms with E-state index < -0.39 is 5.91 Å². The minimum absolute atomic E-state index is 0.0438. The van der Waals surface area contributed by atoms with Crippen LogP contribution in [-0.2, 0) is 4.79 Å². The fourth-order valence-electron chi connectivity index (χ4n) is 3.72. The van der Waals surface area contributed by atoms with E-state index in [0.29, 0.717) is 39.8 Å². The molecule has 1 N–H and O–H groups in total. The van der Waals surface area contributed by atoms with Gasteiger partial charge in [-0.3, -0.25) is 10.2 Å². The molecule has 7 nitrogen and oxygen atoms in total. The van der Waals surface area contributed by atoms with Crippen LogP contribution in [0.5, 0.6) is 11.5 Å². The van der Waals surface area contributed by atoms with Crippen LogP contribution in [0, 0.1) is 19.3 Å². The molecule has 0 spiro atoms. The van der Waals surface area contributed by atoms with Gasteiger partial charge in [-0.1, -0.05) is 48.0 Å². The number of nitrogens with one attached hydrogen (secondary N) is 1. The van der Waals surface area contributed by atoms with Gasteiger partial charge in [-0.05, 0) is 78.7 Å². The molecule has 37 heavy (non-hydrogen) atoms. The molecular weight excluding hydrogens is 508 g/mol. The number of hydrogen-bond acceptors (Lipinski definition) is 6. The summed E-state index contributed by atoms with van der Waals surface area (Å²) in [5.41, 5.74) is 3.97. The van der Waals surface area contributed by atoms with Gasteiger partial charge in [0.15, 0.2) is 5.84 Å². The van der Waals surface area contributed by atoms with Crippen LogP contribution in [0.4, 0.5) is 0 Å². The van der Waals surface area contributed by atoms with Crippen LogP contribution < -0.4 is 9.47 Å². The number of nitrogens with zero attached hydrogens (tertiary/aromatic N) is 3. The first kappa shape index (κ1) is 24.8. The lowest BCUT2D eigenvalue weighted by molar-refractivity contribution is -0.114. The quantitative estimate of drug-likeness (QED) is 0.295. The van der Waals surface area contributed by atoms with Crippen LogP contribution in [0.25, 0.3) is 6.08 Å². The van der Waals surface area contributed by atoms with Gasteiger partial charge in [0.25, 0.3) is 5.91 Å². The number of aryl methyl sites for hydroxylation is 2. The first-order valence-corrected chi connectivity index (χ1v) is 12.8. The number of amidine groups is 2. The molecular formula is C28H23ClN4O3S. The highest BCUT2D eigenvalue weighted by atomic mass is 35.5. The third-order valence-electron chi connectivity index (χ3n) is 5.83. The van der Waals surface area contributed by atoms with E-state index in [1.54, 1.807) is 18.2 Å². The van der Waals surface area contributed by atoms with Crippen molar-refractivity contribution in [3.63, 3.8) is 0 Å². The molecule has 0 saturated carbocycles. The van der Waals surface area contributed by atoms with E-state index in [9.17, 15) is 4.79 Å². The summed E-state index contributed by atoms with van der Waals surface area (Å²) >= 11 is 7.51. The van der Waals surface area contributed by atoms with Crippen molar-refractivity contribution in [1.29, 1.82) is 5.41 Å². The van der Waals surface area contributed by atoms with Gasteiger partial charge < -0.3 is 9.47 Å². The van der Waals surface area contributed by atoms with Gasteiger partial charge in [0, 0.05) is 5.56 Å². The highest BCUT2D eigenvalue weighted by Crippen LogP contribution is 2.33. The second-order valence-electron chi connectivity index (χ2n) is 8.42. The maximum absolute atomic E-state index is 12.8. The van der Waals surface area contributed by atoms with Crippen molar-refractivity contribution >= 4 is 51.4 Å². The molecule has 9 heteroatoms. The van der Waals surface area contributed by atoms with Gasteiger partial charge in [-0.25, -0.2) is 0 Å². The molecule has 0 aromatic heterocycles. The van der Waals surface area contributed by atoms with E-state index in [0.717, 1.165) is 11.3 Å². The number of ether oxygens (including phenoxy) is 2. The molecule has 0 aliphatic carbocycles. The number of hydrazone groups is 1. The third-order valence-corrected chi connectivity index (χ3v) is 7.10. The highest BCUT2D eigenvalue weighted by molar-refractivity contribution is 8.27. The number of carbonyl (C=O) groups is 1. The summed E-state index contributed by atoms with van der Waals surface area (Å²) in [6, 6.07) is 20.6. The predicted octanol–water partition coefficient (Wildman–Crippen LogP) is 6.08. The second-order valence-corrected chi connectivity index (χ2v) is 9.78. The molecule has 2 heterocycles. The summed E-state index contributed by atoms with van der Waals surface area (Å²) in [6.45, 7) is 4.87. The molecule has 0 atom stereocenters. The smallest absolute Gasteiger partial charge is 0.283 e. The monoisotopic (exact) mass is 530 g/mol. The molecule has 0 bridgehead atoms. The average molecular weight is 531 g/mol. The Morgan fingerprint density at radius 1 is 0.973 bits per heavy atom. The third kappa shape index (κ3) is 5.45. The molecule has 1 amide bonds. The molecule has 0 unspecified atom stereocenters. The molecule has 3 aromatic rings. The normalized spacial score (nSPS) is 16.0. The summed E-state index contributed by atoms with van der Waals surface area (Å²) in [5, 5.41) is 15.9. The number of halogens is 1. The van der Waals surface area contributed by atoms with Crippen molar-refractivity contribution in [1.82, 2.24) is 5.01 Å². The molecule has 0 saturated heterocycles. The number of amides is 1. The molecule has 2 aliphatic heterocycles. The van der Waals surface area contributed by atoms with Crippen LogP contribution in [0.1, 0.15) is 22.3 Å². The second kappa shape index (κ2) is 10.6. The van der Waals surface area contributed by atoms with E-state index in [2.05, 4.69) is 17.0 Å². The lowest BCUT2D eigenvalue weighted by atomic mass is 10.1. The van der Waals surface area contributed by atoms with Crippen molar-refractivity contribution in [3.8, 4) is 11.5 Å². The van der Waals surface area contributed by atoms with Crippen LogP contribution in [0.2, 0.25) is 5.02 Å². The summed E-state index contributed by atoms with van der Waals surface area (Å²) in [7, 11) is 0. The van der Waals surface area contributed by atoms with Crippen molar-refractivity contribution in [2.24, 2.45) is 10.1 Å². The van der Waals surface area contributed by atoms with E-state index in [-0.39, 0.29) is 11.4 Å². The maximum Gasteiger partial charge on any atom is 0.283 e. The standard InChI is InChI=1S/C28H23ClN4O3S/c1-17-10-11-21(14-18(17)2)36-13-12-35-20-7-5-6-19(15-20)16-23-25(30)33-28(31-26(23)34)37-27(32-33)22-8-3-4-9-24(22)29/h3-11,14-16,30H,12-13H2,1-2H3/b23-16-,30-25?. The molecule has 0 radical (unpaired) electrons. The maximum atomic E-state index is 12.8. The molecule has 186 valence electrons. The van der Waals surface area contributed by atoms with Crippen LogP contribution in [-0.4, -0.2) is 40.2 Å². The largest absolute Gasteiger partial charge is 0.490 e. The van der Waals surface area contributed by atoms with Crippen molar-refractivity contribution in [2.45, 2.75) is 13.8 Å². The number of rotatable bonds is 7. The van der Waals surface area contributed by atoms with Crippen LogP contribution >= 0.6 is 23.4 Å². The summed E-state index contributed by atoms with van der Waals surface area (Å²) < 4.78 is 11.6. The number of aliphatic imine (C=N–C) groups is 1. The molecule has 5 rings (SSSR count). The molecule has 0 fully saturated rings. The van der Waals surface area contributed by atoms with Gasteiger partial charge in [0.05, 0.1) is 10.6 Å². The molecule has 3 aromatic carbocycles. The number of thioether (sulfide) groups is 1. The Balaban J connectivity index is 1.26. The number of carbonyl (C=O) groups excluding carboxylic acids is 1. The fraction of sp³-hybridized carbons (Fsp3) is 0.143. The summed E-state index contributed by atoms with van der Waals surface area (Å²) in [4.78, 5) is 16.9. The SMILES string of the molecule is Cc1ccc(OCCOc2cccc(/C=C3/C(=N)N4N=C(c5ccccc5Cl)SC4=NC3=O)c2)cc1C. The number of fused-ring (bicyclic) bond motifs is 1. The van der Waals surface area contributed by atoms with Gasteiger partial charge in [0.1, 0.15) is 29.8 Å². The van der Waals surface area contributed by atoms with Crippen molar-refractivity contribution in [3.05, 3.63) is 99.6 Å². The Labute approximate surface area is 224 Å². The minimum atomic E-state index is -0.493. The Bertz CT molecular complexity index is 1500. The first-order valence-electron chi connectivity index (χ1n) is 11.6. The summed E-state index contributed by atoms with van der Waals surface area (Å²) in [6.07, 6.45) is 1.62. The van der Waals surface area contributed by atoms with E-state index >= 15 is 0 Å². The number of benzene rings is 3. The Hall–Kier alpha value is -3.88. The van der Waals surface area contributed by atoms with Gasteiger partial charge in [-0.15, -0.1) is 0 Å². The van der Waals surface area contributed by atoms with Crippen LogP contribution in [0.15, 0.2) is 82.4 Å². The zero-order valence-corrected chi connectivity index (χ0v) is 21.8. The van der Waals surface area contributed by atoms with Gasteiger partial charge in [0.2, 0.25) is 5.17 Å². The highest BCUT2D eigenvalue weighted by Gasteiger charge is 2.36. The summed E-state index contributed by atoms with van der Waals surface area (Å²) in [5.74, 6) is 0.901. The van der Waals surface area contributed by atoms with Gasteiger partial charge >= 0.3 is 0 Å². The predicted molar refractivity (Wildman–Crippen MR) is 149 cm³/mol. The Morgan fingerprint density at radius 3 is 2.49 bits per heavy atom. The zero-order chi connectivity index (χ0) is 25.9. The minimum Gasteiger partial charge on any atom is -0.490 e. The van der Waals surface area contributed by atoms with Crippen molar-refractivity contribution < 1.29 is 14.3 Å². The lowest BCUT2D eigenvalue weighted by Gasteiger charge is -2.20. The fourth-order valence-corrected chi connectivity index (χ4v) is 4.93. The lowest BCUT2D eigenvalue weighted by Crippen LogP contribution is -2.35. The Morgan fingerprint density at radius 2 is 1.73 bits per heavy atom. The van der Waals surface area contributed by atoms with E-state index in [4.69, 9.17) is 26.5 Å². The number of hydrogen-bond donors (Lipinski definition) is 1. The molecule has 2 aliphatic rings. The van der Waals surface area contributed by atoms with Gasteiger partial charge in [-0.2, -0.15) is 15.1 Å². The average Bonchev–Trinajstić information content (AvgIpc) is 3.31. The van der Waals surface area contributed by atoms with E-state index in [1.165, 1.54) is 27.9 Å². The van der Waals surface area contributed by atoms with Crippen molar-refractivity contribution in [2.75, 3.05) is 13.2 Å². The topological polar surface area (TPSA) is 87.3 Å². The first-order chi connectivity index (χ1) is 17.9. The zero-order valence-electron chi connectivity index (χ0n) is 20.2. The Kier molecular flexibility index (Phi) is 7.12. The van der Waals surface area contributed by atoms with E-state index in [1.807, 2.05) is 61.5 Å².